The highest BCUT2D eigenvalue weighted by molar-refractivity contribution is 6.30. The summed E-state index contributed by atoms with van der Waals surface area (Å²) < 4.78 is 0. The van der Waals surface area contributed by atoms with Gasteiger partial charge in [0, 0.05) is 23.4 Å². The molecule has 0 saturated carbocycles. The Labute approximate surface area is 157 Å². The number of carbonyl (C=O) groups excluding carboxylic acids is 3. The lowest BCUT2D eigenvalue weighted by atomic mass is 9.99. The number of rotatable bonds is 6. The van der Waals surface area contributed by atoms with E-state index in [-0.39, 0.29) is 31.0 Å². The van der Waals surface area contributed by atoms with Crippen LogP contribution in [0.1, 0.15) is 39.9 Å². The Kier molecular flexibility index (Phi) is 6.92. The van der Waals surface area contributed by atoms with Crippen LogP contribution in [0.25, 0.3) is 0 Å². The molecule has 0 aliphatic carbocycles. The van der Waals surface area contributed by atoms with Crippen LogP contribution < -0.4 is 10.9 Å². The molecule has 2 aromatic carbocycles. The molecule has 0 radical (unpaired) electrons. The predicted octanol–water partition coefficient (Wildman–Crippen LogP) is 3.31. The number of aryl methyl sites for hydroxylation is 2. The second-order valence-corrected chi connectivity index (χ2v) is 6.58. The molecule has 0 aromatic heterocycles. The second-order valence-electron chi connectivity index (χ2n) is 6.14. The second kappa shape index (κ2) is 9.15. The maximum Gasteiger partial charge on any atom is 0.242 e. The van der Waals surface area contributed by atoms with Crippen molar-refractivity contribution >= 4 is 29.2 Å². The number of hydrazine groups is 1. The first kappa shape index (κ1) is 19.7. The average Bonchev–Trinajstić information content (AvgIpc) is 2.62. The quantitative estimate of drug-likeness (QED) is 0.603. The molecule has 2 rings (SSSR count). The topological polar surface area (TPSA) is 75.3 Å². The highest BCUT2D eigenvalue weighted by Crippen LogP contribution is 2.14. The van der Waals surface area contributed by atoms with E-state index in [0.717, 1.165) is 16.7 Å². The largest absolute Gasteiger partial charge is 0.294 e. The van der Waals surface area contributed by atoms with Crippen LogP contribution in [-0.2, 0) is 16.0 Å². The normalized spacial score (nSPS) is 10.3. The molecule has 0 unspecified atom stereocenters. The Bertz CT molecular complexity index is 816. The standard InChI is InChI=1S/C20H21ClN2O3/c1-13-3-4-14(2)17(11-13)18(24)9-10-19(25)22-23-20(26)12-15-5-7-16(21)8-6-15/h3-8,11H,9-10,12H2,1-2H3,(H,22,25)(H,23,26). The summed E-state index contributed by atoms with van der Waals surface area (Å²) in [5, 5.41) is 0.593. The van der Waals surface area contributed by atoms with Crippen molar-refractivity contribution in [3.05, 3.63) is 69.7 Å². The fraction of sp³-hybridized carbons (Fsp3) is 0.250. The summed E-state index contributed by atoms with van der Waals surface area (Å²) in [6.45, 7) is 3.78. The fourth-order valence-electron chi connectivity index (χ4n) is 2.43. The number of benzene rings is 2. The van der Waals surface area contributed by atoms with E-state index in [4.69, 9.17) is 11.6 Å². The molecule has 6 heteroatoms. The summed E-state index contributed by atoms with van der Waals surface area (Å²) in [4.78, 5) is 35.9. The van der Waals surface area contributed by atoms with Crippen LogP contribution >= 0.6 is 11.6 Å². The van der Waals surface area contributed by atoms with Crippen molar-refractivity contribution in [3.8, 4) is 0 Å². The number of hydrogen-bond acceptors (Lipinski definition) is 3. The maximum absolute atomic E-state index is 12.3. The summed E-state index contributed by atoms with van der Waals surface area (Å²) in [5.74, 6) is -0.844. The number of carbonyl (C=O) groups is 3. The van der Waals surface area contributed by atoms with Crippen molar-refractivity contribution < 1.29 is 14.4 Å². The Hall–Kier alpha value is -2.66. The Morgan fingerprint density at radius 1 is 0.885 bits per heavy atom. The summed E-state index contributed by atoms with van der Waals surface area (Å²) >= 11 is 5.79. The molecule has 0 heterocycles. The highest BCUT2D eigenvalue weighted by atomic mass is 35.5. The SMILES string of the molecule is Cc1ccc(C)c(C(=O)CCC(=O)NNC(=O)Cc2ccc(Cl)cc2)c1. The number of hydrogen-bond donors (Lipinski definition) is 2. The minimum absolute atomic E-state index is 0.00738. The molecule has 136 valence electrons. The van der Waals surface area contributed by atoms with Crippen molar-refractivity contribution in [2.75, 3.05) is 0 Å². The molecule has 2 aromatic rings. The van der Waals surface area contributed by atoms with E-state index in [9.17, 15) is 14.4 Å². The van der Waals surface area contributed by atoms with Gasteiger partial charge in [0.25, 0.3) is 0 Å². The van der Waals surface area contributed by atoms with Gasteiger partial charge in [-0.25, -0.2) is 0 Å². The predicted molar refractivity (Wildman–Crippen MR) is 101 cm³/mol. The first-order chi connectivity index (χ1) is 12.3. The molecular formula is C20H21ClN2O3. The Morgan fingerprint density at radius 3 is 2.23 bits per heavy atom. The molecule has 2 amide bonds. The lowest BCUT2D eigenvalue weighted by Crippen LogP contribution is -2.42. The van der Waals surface area contributed by atoms with Crippen LogP contribution in [0.5, 0.6) is 0 Å². The number of amides is 2. The molecule has 0 bridgehead atoms. The van der Waals surface area contributed by atoms with Gasteiger partial charge in [-0.1, -0.05) is 41.4 Å². The van der Waals surface area contributed by atoms with E-state index in [1.54, 1.807) is 24.3 Å². The average molecular weight is 373 g/mol. The lowest BCUT2D eigenvalue weighted by molar-refractivity contribution is -0.128. The van der Waals surface area contributed by atoms with Crippen molar-refractivity contribution in [1.29, 1.82) is 0 Å². The third kappa shape index (κ3) is 6.01. The first-order valence-electron chi connectivity index (χ1n) is 8.27. The number of nitrogens with one attached hydrogen (secondary N) is 2. The maximum atomic E-state index is 12.3. The summed E-state index contributed by atoms with van der Waals surface area (Å²) in [6.07, 6.45) is 0.218. The minimum atomic E-state index is -0.409. The van der Waals surface area contributed by atoms with E-state index in [0.29, 0.717) is 10.6 Å². The number of ketones is 1. The van der Waals surface area contributed by atoms with Gasteiger partial charge in [-0.05, 0) is 43.2 Å². The zero-order chi connectivity index (χ0) is 19.1. The van der Waals surface area contributed by atoms with E-state index in [1.165, 1.54) is 0 Å². The summed E-state index contributed by atoms with van der Waals surface area (Å²) in [7, 11) is 0. The van der Waals surface area contributed by atoms with Gasteiger partial charge in [-0.3, -0.25) is 25.2 Å². The molecule has 5 nitrogen and oxygen atoms in total. The van der Waals surface area contributed by atoms with Gasteiger partial charge in [0.05, 0.1) is 6.42 Å². The van der Waals surface area contributed by atoms with Gasteiger partial charge in [0.1, 0.15) is 0 Å². The Balaban J connectivity index is 1.76. The van der Waals surface area contributed by atoms with Crippen molar-refractivity contribution in [2.24, 2.45) is 0 Å². The van der Waals surface area contributed by atoms with E-state index >= 15 is 0 Å². The zero-order valence-electron chi connectivity index (χ0n) is 14.8. The van der Waals surface area contributed by atoms with Crippen LogP contribution in [0.4, 0.5) is 0 Å². The summed E-state index contributed by atoms with van der Waals surface area (Å²) in [5.41, 5.74) is 7.97. The summed E-state index contributed by atoms with van der Waals surface area (Å²) in [6, 6.07) is 12.5. The van der Waals surface area contributed by atoms with Gasteiger partial charge in [-0.15, -0.1) is 0 Å². The molecule has 0 aliphatic heterocycles. The zero-order valence-corrected chi connectivity index (χ0v) is 15.5. The monoisotopic (exact) mass is 372 g/mol. The van der Waals surface area contributed by atoms with Crippen molar-refractivity contribution in [3.63, 3.8) is 0 Å². The van der Waals surface area contributed by atoms with Crippen LogP contribution in [0.3, 0.4) is 0 Å². The van der Waals surface area contributed by atoms with Gasteiger partial charge >= 0.3 is 0 Å². The minimum Gasteiger partial charge on any atom is -0.294 e. The molecule has 0 aliphatic rings. The molecule has 2 N–H and O–H groups in total. The van der Waals surface area contributed by atoms with E-state index < -0.39 is 5.91 Å². The van der Waals surface area contributed by atoms with E-state index in [2.05, 4.69) is 10.9 Å². The Morgan fingerprint density at radius 2 is 1.54 bits per heavy atom. The third-order valence-corrected chi connectivity index (χ3v) is 4.14. The van der Waals surface area contributed by atoms with Crippen LogP contribution in [0.15, 0.2) is 42.5 Å². The molecule has 26 heavy (non-hydrogen) atoms. The van der Waals surface area contributed by atoms with Crippen LogP contribution in [0, 0.1) is 13.8 Å². The van der Waals surface area contributed by atoms with Crippen LogP contribution in [-0.4, -0.2) is 17.6 Å². The highest BCUT2D eigenvalue weighted by Gasteiger charge is 2.12. The third-order valence-electron chi connectivity index (χ3n) is 3.89. The fourth-order valence-corrected chi connectivity index (χ4v) is 2.56. The molecule has 0 fully saturated rings. The number of Topliss-reactive ketones (excluding diaryl/α,β-unsaturated/α-hetero) is 1. The van der Waals surface area contributed by atoms with Crippen molar-refractivity contribution in [2.45, 2.75) is 33.1 Å². The van der Waals surface area contributed by atoms with Gasteiger partial charge in [0.15, 0.2) is 5.78 Å². The smallest absolute Gasteiger partial charge is 0.242 e. The molecule has 0 atom stereocenters. The first-order valence-corrected chi connectivity index (χ1v) is 8.65. The molecule has 0 saturated heterocycles. The molecule has 0 spiro atoms. The lowest BCUT2D eigenvalue weighted by Gasteiger charge is -2.08. The van der Waals surface area contributed by atoms with Gasteiger partial charge < -0.3 is 0 Å². The molecular weight excluding hydrogens is 352 g/mol. The van der Waals surface area contributed by atoms with Crippen LogP contribution in [0.2, 0.25) is 5.02 Å². The van der Waals surface area contributed by atoms with Gasteiger partial charge in [-0.2, -0.15) is 0 Å². The van der Waals surface area contributed by atoms with E-state index in [1.807, 2.05) is 32.0 Å². The van der Waals surface area contributed by atoms with Gasteiger partial charge in [0.2, 0.25) is 11.8 Å². The number of halogens is 1. The van der Waals surface area contributed by atoms with Crippen molar-refractivity contribution in [1.82, 2.24) is 10.9 Å².